The van der Waals surface area contributed by atoms with Crippen molar-refractivity contribution < 1.29 is 4.79 Å². The first-order valence-electron chi connectivity index (χ1n) is 5.90. The van der Waals surface area contributed by atoms with Gasteiger partial charge in [0, 0.05) is 18.5 Å². The smallest absolute Gasteiger partial charge is 0.237 e. The van der Waals surface area contributed by atoms with Crippen molar-refractivity contribution >= 4 is 33.2 Å². The Balaban J connectivity index is 2.03. The summed E-state index contributed by atoms with van der Waals surface area (Å²) in [6, 6.07) is 4.25. The average Bonchev–Trinajstić information content (AvgIpc) is 2.74. The van der Waals surface area contributed by atoms with E-state index in [1.54, 1.807) is 18.4 Å². The summed E-state index contributed by atoms with van der Waals surface area (Å²) in [4.78, 5) is 15.4. The van der Waals surface area contributed by atoms with Crippen LogP contribution in [0.5, 0.6) is 0 Å². The van der Waals surface area contributed by atoms with Crippen LogP contribution in [0.15, 0.2) is 15.9 Å². The zero-order valence-corrected chi connectivity index (χ0v) is 12.3. The molecule has 1 N–H and O–H groups in total. The molecule has 5 heteroatoms. The molecule has 0 aliphatic carbocycles. The quantitative estimate of drug-likeness (QED) is 0.929. The Morgan fingerprint density at radius 3 is 3.06 bits per heavy atom. The molecule has 0 saturated carbocycles. The van der Waals surface area contributed by atoms with Crippen molar-refractivity contribution in [2.24, 2.45) is 0 Å². The highest BCUT2D eigenvalue weighted by atomic mass is 79.9. The molecule has 0 aromatic carbocycles. The van der Waals surface area contributed by atoms with E-state index in [0.717, 1.165) is 29.7 Å². The van der Waals surface area contributed by atoms with Gasteiger partial charge in [-0.15, -0.1) is 11.3 Å². The molecule has 1 atom stereocenters. The van der Waals surface area contributed by atoms with E-state index in [-0.39, 0.29) is 11.9 Å². The van der Waals surface area contributed by atoms with E-state index in [1.165, 1.54) is 11.3 Å². The van der Waals surface area contributed by atoms with Crippen molar-refractivity contribution in [3.8, 4) is 0 Å². The number of likely N-dealkylation sites (tertiary alicyclic amines) is 1. The molecule has 2 rings (SSSR count). The fraction of sp³-hybridized carbons (Fsp3) is 0.583. The summed E-state index contributed by atoms with van der Waals surface area (Å²) in [5, 5.41) is 2.77. The predicted molar refractivity (Wildman–Crippen MR) is 74.1 cm³/mol. The highest BCUT2D eigenvalue weighted by Crippen LogP contribution is 2.26. The van der Waals surface area contributed by atoms with E-state index in [2.05, 4.69) is 38.3 Å². The van der Waals surface area contributed by atoms with E-state index in [0.29, 0.717) is 0 Å². The number of nitrogens with zero attached hydrogens (tertiary/aromatic N) is 1. The van der Waals surface area contributed by atoms with E-state index in [9.17, 15) is 4.79 Å². The van der Waals surface area contributed by atoms with E-state index < -0.39 is 0 Å². The lowest BCUT2D eigenvalue weighted by Gasteiger charge is -2.33. The molecule has 0 radical (unpaired) electrons. The Morgan fingerprint density at radius 2 is 2.41 bits per heavy atom. The third kappa shape index (κ3) is 3.30. The molecular formula is C12H17BrN2OS. The zero-order valence-electron chi connectivity index (χ0n) is 9.91. The Bertz CT molecular complexity index is 394. The van der Waals surface area contributed by atoms with Crippen molar-refractivity contribution in [1.29, 1.82) is 0 Å². The van der Waals surface area contributed by atoms with Crippen LogP contribution in [0, 0.1) is 0 Å². The van der Waals surface area contributed by atoms with Gasteiger partial charge in [-0.2, -0.15) is 0 Å². The van der Waals surface area contributed by atoms with Crippen LogP contribution in [-0.4, -0.2) is 30.4 Å². The van der Waals surface area contributed by atoms with E-state index in [4.69, 9.17) is 0 Å². The second-order valence-corrected chi connectivity index (χ2v) is 6.85. The number of likely N-dealkylation sites (N-methyl/N-ethyl adjacent to an activating group) is 1. The Morgan fingerprint density at radius 1 is 1.59 bits per heavy atom. The van der Waals surface area contributed by atoms with Crippen LogP contribution in [0.3, 0.4) is 0 Å². The molecule has 1 amide bonds. The van der Waals surface area contributed by atoms with Crippen LogP contribution in [0.1, 0.15) is 24.1 Å². The van der Waals surface area contributed by atoms with Gasteiger partial charge in [-0.25, -0.2) is 0 Å². The number of hydrogen-bond acceptors (Lipinski definition) is 3. The van der Waals surface area contributed by atoms with Gasteiger partial charge in [-0.3, -0.25) is 9.69 Å². The minimum Gasteiger partial charge on any atom is -0.358 e. The van der Waals surface area contributed by atoms with Crippen LogP contribution in [0.25, 0.3) is 0 Å². The number of carbonyl (C=O) groups excluding carboxylic acids is 1. The van der Waals surface area contributed by atoms with Gasteiger partial charge in [-0.05, 0) is 47.4 Å². The Kier molecular flexibility index (Phi) is 4.59. The normalized spacial score (nSPS) is 21.4. The van der Waals surface area contributed by atoms with Crippen molar-refractivity contribution in [2.45, 2.75) is 31.8 Å². The van der Waals surface area contributed by atoms with Gasteiger partial charge in [0.25, 0.3) is 0 Å². The molecule has 1 fully saturated rings. The molecule has 2 heterocycles. The molecule has 1 aliphatic rings. The zero-order chi connectivity index (χ0) is 12.3. The summed E-state index contributed by atoms with van der Waals surface area (Å²) in [7, 11) is 1.72. The molecule has 1 unspecified atom stereocenters. The van der Waals surface area contributed by atoms with Crippen LogP contribution in [-0.2, 0) is 11.3 Å². The number of nitrogens with one attached hydrogen (secondary N) is 1. The van der Waals surface area contributed by atoms with Crippen molar-refractivity contribution in [3.05, 3.63) is 20.8 Å². The summed E-state index contributed by atoms with van der Waals surface area (Å²) in [5.41, 5.74) is 0. The number of carbonyl (C=O) groups is 1. The van der Waals surface area contributed by atoms with Crippen LogP contribution < -0.4 is 5.32 Å². The maximum Gasteiger partial charge on any atom is 0.237 e. The third-order valence-corrected chi connectivity index (χ3v) is 4.76. The standard InChI is InChI=1S/C12H17BrN2OS/c1-14-12(16)10-4-2-3-7-15(10)8-9-5-6-11(13)17-9/h5-6,10H,2-4,7-8H2,1H3,(H,14,16). The molecule has 1 aromatic heterocycles. The van der Waals surface area contributed by atoms with Crippen LogP contribution in [0.2, 0.25) is 0 Å². The molecule has 1 saturated heterocycles. The first kappa shape index (κ1) is 13.1. The number of piperidine rings is 1. The lowest BCUT2D eigenvalue weighted by Crippen LogP contribution is -2.48. The number of rotatable bonds is 3. The largest absolute Gasteiger partial charge is 0.358 e. The topological polar surface area (TPSA) is 32.3 Å². The van der Waals surface area contributed by atoms with Gasteiger partial charge in [0.2, 0.25) is 5.91 Å². The van der Waals surface area contributed by atoms with Gasteiger partial charge in [0.05, 0.1) is 9.83 Å². The maximum atomic E-state index is 11.8. The van der Waals surface area contributed by atoms with E-state index in [1.807, 2.05) is 0 Å². The molecule has 3 nitrogen and oxygen atoms in total. The van der Waals surface area contributed by atoms with Crippen LogP contribution in [0.4, 0.5) is 0 Å². The maximum absolute atomic E-state index is 11.8. The second kappa shape index (κ2) is 5.98. The number of thiophene rings is 1. The predicted octanol–water partition coefficient (Wildman–Crippen LogP) is 2.61. The first-order valence-corrected chi connectivity index (χ1v) is 7.51. The van der Waals surface area contributed by atoms with Crippen molar-refractivity contribution in [2.75, 3.05) is 13.6 Å². The molecule has 1 aromatic rings. The van der Waals surface area contributed by atoms with Gasteiger partial charge in [0.15, 0.2) is 0 Å². The SMILES string of the molecule is CNC(=O)C1CCCCN1Cc1ccc(Br)s1. The number of hydrogen-bond donors (Lipinski definition) is 1. The van der Waals surface area contributed by atoms with Crippen molar-refractivity contribution in [3.63, 3.8) is 0 Å². The number of halogens is 1. The van der Waals surface area contributed by atoms with Gasteiger partial charge < -0.3 is 5.32 Å². The fourth-order valence-corrected chi connectivity index (χ4v) is 3.79. The summed E-state index contributed by atoms with van der Waals surface area (Å²) in [5.74, 6) is 0.153. The summed E-state index contributed by atoms with van der Waals surface area (Å²) >= 11 is 5.22. The number of amides is 1. The second-order valence-electron chi connectivity index (χ2n) is 4.30. The van der Waals surface area contributed by atoms with Crippen molar-refractivity contribution in [1.82, 2.24) is 10.2 Å². The lowest BCUT2D eigenvalue weighted by molar-refractivity contribution is -0.127. The molecule has 94 valence electrons. The molecule has 1 aliphatic heterocycles. The summed E-state index contributed by atoms with van der Waals surface area (Å²) < 4.78 is 1.15. The van der Waals surface area contributed by atoms with Gasteiger partial charge in [0.1, 0.15) is 0 Å². The molecule has 17 heavy (non-hydrogen) atoms. The third-order valence-electron chi connectivity index (χ3n) is 3.15. The lowest BCUT2D eigenvalue weighted by atomic mass is 10.0. The highest BCUT2D eigenvalue weighted by Gasteiger charge is 2.27. The summed E-state index contributed by atoms with van der Waals surface area (Å²) in [6.45, 7) is 1.90. The van der Waals surface area contributed by atoms with E-state index >= 15 is 0 Å². The first-order chi connectivity index (χ1) is 8.20. The molecule has 0 bridgehead atoms. The molecule has 0 spiro atoms. The molecular weight excluding hydrogens is 300 g/mol. The highest BCUT2D eigenvalue weighted by molar-refractivity contribution is 9.11. The fourth-order valence-electron chi connectivity index (χ4n) is 2.28. The van der Waals surface area contributed by atoms with Gasteiger partial charge >= 0.3 is 0 Å². The minimum absolute atomic E-state index is 0.0506. The summed E-state index contributed by atoms with van der Waals surface area (Å²) in [6.07, 6.45) is 3.33. The van der Waals surface area contributed by atoms with Gasteiger partial charge in [-0.1, -0.05) is 6.42 Å². The average molecular weight is 317 g/mol. The minimum atomic E-state index is 0.0506. The monoisotopic (exact) mass is 316 g/mol. The Hall–Kier alpha value is -0.390. The Labute approximate surface area is 114 Å². The van der Waals surface area contributed by atoms with Crippen LogP contribution >= 0.6 is 27.3 Å².